The third-order valence-electron chi connectivity index (χ3n) is 4.18. The van der Waals surface area contributed by atoms with Gasteiger partial charge in [0.2, 0.25) is 0 Å². The van der Waals surface area contributed by atoms with Gasteiger partial charge in [0.25, 0.3) is 0 Å². The fraction of sp³-hybridized carbons (Fsp3) is 0.625. The van der Waals surface area contributed by atoms with E-state index in [0.29, 0.717) is 6.42 Å². The minimum absolute atomic E-state index is 0.259. The Bertz CT molecular complexity index is 436. The van der Waals surface area contributed by atoms with E-state index in [4.69, 9.17) is 5.11 Å². The maximum absolute atomic E-state index is 10.4. The van der Waals surface area contributed by atoms with Crippen molar-refractivity contribution in [2.24, 2.45) is 0 Å². The summed E-state index contributed by atoms with van der Waals surface area (Å²) in [5, 5.41) is 11.8. The number of carbonyl (C=O) groups is 1. The van der Waals surface area contributed by atoms with E-state index in [-0.39, 0.29) is 6.42 Å². The molecule has 154 valence electrons. The Hall–Kier alpha value is -1.61. The lowest BCUT2D eigenvalue weighted by Crippen LogP contribution is -2.17. The highest BCUT2D eigenvalue weighted by molar-refractivity contribution is 5.66. The molecule has 0 bridgehead atoms. The van der Waals surface area contributed by atoms with Crippen LogP contribution in [-0.4, -0.2) is 24.2 Å². The molecule has 0 aromatic heterocycles. The van der Waals surface area contributed by atoms with Gasteiger partial charge in [-0.2, -0.15) is 0 Å². The number of hydrogen-bond donors (Lipinski definition) is 2. The van der Waals surface area contributed by atoms with Crippen LogP contribution in [0.4, 0.5) is 0 Å². The second kappa shape index (κ2) is 22.4. The van der Waals surface area contributed by atoms with Gasteiger partial charge in [-0.3, -0.25) is 4.79 Å². The van der Waals surface area contributed by atoms with Crippen LogP contribution >= 0.6 is 0 Å². The third kappa shape index (κ3) is 24.4. The summed E-state index contributed by atoms with van der Waals surface area (Å²) in [6.07, 6.45) is 30.7. The molecule has 0 unspecified atom stereocenters. The van der Waals surface area contributed by atoms with E-state index in [1.54, 1.807) is 0 Å². The van der Waals surface area contributed by atoms with Gasteiger partial charge in [-0.05, 0) is 70.9 Å². The molecule has 0 atom stereocenters. The third-order valence-corrected chi connectivity index (χ3v) is 4.18. The number of nitrogens with one attached hydrogen (secondary N) is 1. The minimum Gasteiger partial charge on any atom is -0.481 e. The molecule has 0 saturated carbocycles. The number of allylic oxidation sites excluding steroid dienone is 8. The lowest BCUT2D eigenvalue weighted by Gasteiger charge is -2.02. The zero-order chi connectivity index (χ0) is 19.8. The van der Waals surface area contributed by atoms with Gasteiger partial charge in [-0.25, -0.2) is 0 Å². The summed E-state index contributed by atoms with van der Waals surface area (Å²) in [5.41, 5.74) is 0. The zero-order valence-corrected chi connectivity index (χ0v) is 17.4. The molecular weight excluding hydrogens is 334 g/mol. The van der Waals surface area contributed by atoms with Crippen LogP contribution in [0.3, 0.4) is 0 Å². The van der Waals surface area contributed by atoms with Crippen LogP contribution in [0.2, 0.25) is 0 Å². The summed E-state index contributed by atoms with van der Waals surface area (Å²) in [4.78, 5) is 10.4. The lowest BCUT2D eigenvalue weighted by atomic mass is 10.2. The molecule has 0 fully saturated rings. The predicted octanol–water partition coefficient (Wildman–Crippen LogP) is 6.59. The van der Waals surface area contributed by atoms with Crippen molar-refractivity contribution >= 4 is 5.97 Å². The molecule has 0 aliphatic rings. The summed E-state index contributed by atoms with van der Waals surface area (Å²) in [6.45, 7) is 4.02. The quantitative estimate of drug-likeness (QED) is 0.198. The predicted molar refractivity (Wildman–Crippen MR) is 118 cm³/mol. The Morgan fingerprint density at radius 2 is 1.19 bits per heavy atom. The van der Waals surface area contributed by atoms with E-state index in [2.05, 4.69) is 60.8 Å². The normalized spacial score (nSPS) is 12.3. The number of aliphatic carboxylic acids is 1. The van der Waals surface area contributed by atoms with Crippen LogP contribution in [0, 0.1) is 0 Å². The molecule has 0 amide bonds. The molecule has 27 heavy (non-hydrogen) atoms. The second-order valence-corrected chi connectivity index (χ2v) is 6.83. The Morgan fingerprint density at radius 1 is 0.704 bits per heavy atom. The highest BCUT2D eigenvalue weighted by Gasteiger charge is 1.95. The maximum atomic E-state index is 10.4. The fourth-order valence-electron chi connectivity index (χ4n) is 2.56. The van der Waals surface area contributed by atoms with Crippen molar-refractivity contribution in [1.82, 2.24) is 5.32 Å². The van der Waals surface area contributed by atoms with Gasteiger partial charge >= 0.3 is 5.97 Å². The Kier molecular flexibility index (Phi) is 21.1. The monoisotopic (exact) mass is 375 g/mol. The summed E-state index contributed by atoms with van der Waals surface area (Å²) >= 11 is 0. The van der Waals surface area contributed by atoms with Gasteiger partial charge in [-0.1, -0.05) is 68.4 Å². The van der Waals surface area contributed by atoms with Crippen molar-refractivity contribution in [2.45, 2.75) is 84.0 Å². The molecule has 0 rings (SSSR count). The first kappa shape index (κ1) is 25.4. The summed E-state index contributed by atoms with van der Waals surface area (Å²) in [6, 6.07) is 0. The van der Waals surface area contributed by atoms with Crippen molar-refractivity contribution < 1.29 is 9.90 Å². The van der Waals surface area contributed by atoms with Gasteiger partial charge in [0.15, 0.2) is 0 Å². The van der Waals surface area contributed by atoms with E-state index in [1.165, 1.54) is 32.1 Å². The minimum atomic E-state index is -0.711. The van der Waals surface area contributed by atoms with E-state index in [9.17, 15) is 4.79 Å². The largest absolute Gasteiger partial charge is 0.481 e. The van der Waals surface area contributed by atoms with Crippen LogP contribution in [0.25, 0.3) is 0 Å². The average Bonchev–Trinajstić information content (AvgIpc) is 2.65. The molecular formula is C24H41NO2. The highest BCUT2D eigenvalue weighted by Crippen LogP contribution is 2.01. The molecule has 0 radical (unpaired) electrons. The van der Waals surface area contributed by atoms with Crippen molar-refractivity contribution in [2.75, 3.05) is 13.1 Å². The van der Waals surface area contributed by atoms with Crippen LogP contribution in [0.15, 0.2) is 48.6 Å². The molecule has 0 saturated heterocycles. The maximum Gasteiger partial charge on any atom is 0.303 e. The molecule has 0 heterocycles. The molecule has 2 N–H and O–H groups in total. The topological polar surface area (TPSA) is 49.3 Å². The van der Waals surface area contributed by atoms with Crippen molar-refractivity contribution in [3.63, 3.8) is 0 Å². The standard InChI is InChI=1S/C24H41NO2/c1-2-3-4-5-6-7-8-9-10-11-12-13-14-15-16-17-18-19-22-25-23-20-21-24(26)27/h6-7,9-10,12-13,15-16,25H,2-5,8,11,14,17-23H2,1H3,(H,26,27)/b7-6-,10-9-,13-12-,16-15-. The SMILES string of the molecule is CCCCC/C=C\C/C=C\C/C=C\C/C=C\CCCCNCCCC(=O)O. The smallest absolute Gasteiger partial charge is 0.303 e. The van der Waals surface area contributed by atoms with Gasteiger partial charge in [0, 0.05) is 6.42 Å². The van der Waals surface area contributed by atoms with E-state index >= 15 is 0 Å². The van der Waals surface area contributed by atoms with Gasteiger partial charge < -0.3 is 10.4 Å². The highest BCUT2D eigenvalue weighted by atomic mass is 16.4. The second-order valence-electron chi connectivity index (χ2n) is 6.83. The summed E-state index contributed by atoms with van der Waals surface area (Å²) < 4.78 is 0. The average molecular weight is 376 g/mol. The van der Waals surface area contributed by atoms with Gasteiger partial charge in [0.05, 0.1) is 0 Å². The first-order valence-corrected chi connectivity index (χ1v) is 10.8. The first-order chi connectivity index (χ1) is 13.3. The molecule has 0 aliphatic carbocycles. The van der Waals surface area contributed by atoms with Crippen LogP contribution in [0.5, 0.6) is 0 Å². The first-order valence-electron chi connectivity index (χ1n) is 10.8. The Balaban J connectivity index is 3.33. The van der Waals surface area contributed by atoms with Crippen LogP contribution < -0.4 is 5.32 Å². The summed E-state index contributed by atoms with van der Waals surface area (Å²) in [7, 11) is 0. The number of rotatable bonds is 19. The fourth-order valence-corrected chi connectivity index (χ4v) is 2.56. The molecule has 0 spiro atoms. The van der Waals surface area contributed by atoms with E-state index in [1.807, 2.05) is 0 Å². The van der Waals surface area contributed by atoms with Crippen LogP contribution in [0.1, 0.15) is 84.0 Å². The number of unbranched alkanes of at least 4 members (excludes halogenated alkanes) is 5. The molecule has 3 nitrogen and oxygen atoms in total. The van der Waals surface area contributed by atoms with Crippen molar-refractivity contribution in [3.05, 3.63) is 48.6 Å². The Labute approximate surface area is 167 Å². The van der Waals surface area contributed by atoms with Crippen LogP contribution in [-0.2, 0) is 4.79 Å². The van der Waals surface area contributed by atoms with Gasteiger partial charge in [0.1, 0.15) is 0 Å². The van der Waals surface area contributed by atoms with Gasteiger partial charge in [-0.15, -0.1) is 0 Å². The number of hydrogen-bond acceptors (Lipinski definition) is 2. The molecule has 0 aromatic rings. The van der Waals surface area contributed by atoms with E-state index in [0.717, 1.165) is 45.2 Å². The molecule has 0 aliphatic heterocycles. The van der Waals surface area contributed by atoms with Crippen molar-refractivity contribution in [3.8, 4) is 0 Å². The summed E-state index contributed by atoms with van der Waals surface area (Å²) in [5.74, 6) is -0.711. The lowest BCUT2D eigenvalue weighted by molar-refractivity contribution is -0.137. The molecule has 0 aromatic carbocycles. The number of carboxylic acid groups (broad SMARTS) is 1. The Morgan fingerprint density at radius 3 is 1.70 bits per heavy atom. The number of carboxylic acids is 1. The van der Waals surface area contributed by atoms with E-state index < -0.39 is 5.97 Å². The van der Waals surface area contributed by atoms with Crippen molar-refractivity contribution in [1.29, 1.82) is 0 Å². The zero-order valence-electron chi connectivity index (χ0n) is 17.4. The molecule has 3 heteroatoms.